The monoisotopic (exact) mass is 242 g/mol. The highest BCUT2D eigenvalue weighted by Gasteiger charge is 2.03. The van der Waals surface area contributed by atoms with E-state index in [0.29, 0.717) is 0 Å². The van der Waals surface area contributed by atoms with Crippen molar-refractivity contribution in [3.8, 4) is 0 Å². The van der Waals surface area contributed by atoms with Crippen LogP contribution in [-0.2, 0) is 0 Å². The highest BCUT2D eigenvalue weighted by atomic mass is 14.1. The average molecular weight is 242 g/mol. The zero-order valence-corrected chi connectivity index (χ0v) is 12.2. The van der Waals surface area contributed by atoms with Gasteiger partial charge in [-0.05, 0) is 29.6 Å². The van der Waals surface area contributed by atoms with Gasteiger partial charge in [-0.25, -0.2) is 0 Å². The summed E-state index contributed by atoms with van der Waals surface area (Å²) >= 11 is 0. The summed E-state index contributed by atoms with van der Waals surface area (Å²) in [7, 11) is 0. The molecular formula is C18H26. The molecule has 0 saturated heterocycles. The molecular weight excluding hydrogens is 216 g/mol. The van der Waals surface area contributed by atoms with Crippen LogP contribution in [0.1, 0.15) is 46.1 Å². The number of benzene rings is 1. The maximum atomic E-state index is 4.13. The fourth-order valence-electron chi connectivity index (χ4n) is 1.64. The molecule has 0 spiro atoms. The van der Waals surface area contributed by atoms with E-state index in [0.717, 1.165) is 18.4 Å². The van der Waals surface area contributed by atoms with Crippen molar-refractivity contribution in [1.82, 2.24) is 0 Å². The van der Waals surface area contributed by atoms with Crippen LogP contribution in [0.25, 0.3) is 5.57 Å². The topological polar surface area (TPSA) is 0 Å². The van der Waals surface area contributed by atoms with E-state index in [1.165, 1.54) is 11.1 Å². The first-order chi connectivity index (χ1) is 8.88. The van der Waals surface area contributed by atoms with Gasteiger partial charge in [0.05, 0.1) is 0 Å². The molecule has 0 saturated carbocycles. The summed E-state index contributed by atoms with van der Waals surface area (Å²) in [4.78, 5) is 0. The minimum absolute atomic E-state index is 1.13. The Morgan fingerprint density at radius 2 is 1.56 bits per heavy atom. The highest BCUT2D eigenvalue weighted by Crippen LogP contribution is 2.24. The molecule has 0 N–H and O–H groups in total. The van der Waals surface area contributed by atoms with E-state index in [-0.39, 0.29) is 0 Å². The molecule has 0 bridgehead atoms. The van der Waals surface area contributed by atoms with Gasteiger partial charge in [0.2, 0.25) is 0 Å². The fourth-order valence-corrected chi connectivity index (χ4v) is 1.64. The standard InChI is InChI=1S/C14H14.2C2H6/c1-12(13-8-4-2-5-9-13)14-10-6-3-7-11-14;2*1-2/h2,4-6,8-11H,1,3,7H2;2*1-2H3. The van der Waals surface area contributed by atoms with Gasteiger partial charge in [-0.3, -0.25) is 0 Å². The first kappa shape index (κ1) is 16.4. The van der Waals surface area contributed by atoms with E-state index in [9.17, 15) is 0 Å². The van der Waals surface area contributed by atoms with Crippen molar-refractivity contribution >= 4 is 5.57 Å². The fraction of sp³-hybridized carbons (Fsp3) is 0.333. The lowest BCUT2D eigenvalue weighted by atomic mass is 9.95. The summed E-state index contributed by atoms with van der Waals surface area (Å²) in [5.41, 5.74) is 3.61. The third-order valence-corrected chi connectivity index (χ3v) is 2.47. The minimum Gasteiger partial charge on any atom is -0.0906 e. The predicted molar refractivity (Wildman–Crippen MR) is 84.6 cm³/mol. The van der Waals surface area contributed by atoms with Crippen LogP contribution in [0.5, 0.6) is 0 Å². The Morgan fingerprint density at radius 3 is 2.06 bits per heavy atom. The quantitative estimate of drug-likeness (QED) is 0.594. The SMILES string of the molecule is C=C(C1=CCCC=C1)c1ccccc1.CC.CC. The Hall–Kier alpha value is -1.56. The van der Waals surface area contributed by atoms with Gasteiger partial charge in [-0.1, -0.05) is 82.8 Å². The van der Waals surface area contributed by atoms with Gasteiger partial charge >= 0.3 is 0 Å². The predicted octanol–water partition coefficient (Wildman–Crippen LogP) is 6.03. The van der Waals surface area contributed by atoms with Crippen LogP contribution in [0, 0.1) is 0 Å². The molecule has 0 radical (unpaired) electrons. The van der Waals surface area contributed by atoms with Gasteiger partial charge in [0.25, 0.3) is 0 Å². The maximum absolute atomic E-state index is 4.13. The Labute approximate surface area is 113 Å². The highest BCUT2D eigenvalue weighted by molar-refractivity contribution is 5.80. The van der Waals surface area contributed by atoms with Crippen LogP contribution < -0.4 is 0 Å². The van der Waals surface area contributed by atoms with Gasteiger partial charge in [0.15, 0.2) is 0 Å². The minimum atomic E-state index is 1.13. The summed E-state index contributed by atoms with van der Waals surface area (Å²) in [5.74, 6) is 0. The second-order valence-electron chi connectivity index (χ2n) is 3.48. The molecule has 1 aromatic carbocycles. The first-order valence-corrected chi connectivity index (χ1v) is 6.99. The first-order valence-electron chi connectivity index (χ1n) is 6.99. The number of hydrogen-bond donors (Lipinski definition) is 0. The van der Waals surface area contributed by atoms with Crippen molar-refractivity contribution in [3.05, 3.63) is 66.3 Å². The van der Waals surface area contributed by atoms with Crippen molar-refractivity contribution in [3.63, 3.8) is 0 Å². The Bertz CT molecular complexity index is 380. The lowest BCUT2D eigenvalue weighted by Gasteiger charge is -2.10. The van der Waals surface area contributed by atoms with Crippen molar-refractivity contribution in [2.24, 2.45) is 0 Å². The molecule has 0 unspecified atom stereocenters. The summed E-state index contributed by atoms with van der Waals surface area (Å²) in [6, 6.07) is 10.3. The smallest absolute Gasteiger partial charge is 0.0184 e. The second-order valence-corrected chi connectivity index (χ2v) is 3.48. The van der Waals surface area contributed by atoms with Gasteiger partial charge in [0.1, 0.15) is 0 Å². The lowest BCUT2D eigenvalue weighted by Crippen LogP contribution is -1.89. The van der Waals surface area contributed by atoms with Gasteiger partial charge in [0, 0.05) is 0 Å². The molecule has 2 rings (SSSR count). The molecule has 1 aliphatic carbocycles. The lowest BCUT2D eigenvalue weighted by molar-refractivity contribution is 1.03. The molecule has 0 fully saturated rings. The summed E-state index contributed by atoms with van der Waals surface area (Å²) in [5, 5.41) is 0. The van der Waals surface area contributed by atoms with Crippen molar-refractivity contribution in [1.29, 1.82) is 0 Å². The van der Waals surface area contributed by atoms with Gasteiger partial charge in [-0.15, -0.1) is 0 Å². The third kappa shape index (κ3) is 5.18. The molecule has 0 heterocycles. The molecule has 0 amide bonds. The molecule has 98 valence electrons. The Kier molecular flexibility index (Phi) is 9.67. The zero-order valence-electron chi connectivity index (χ0n) is 12.2. The van der Waals surface area contributed by atoms with Crippen molar-refractivity contribution < 1.29 is 0 Å². The molecule has 0 nitrogen and oxygen atoms in total. The summed E-state index contributed by atoms with van der Waals surface area (Å²) < 4.78 is 0. The van der Waals surface area contributed by atoms with Crippen LogP contribution in [0.2, 0.25) is 0 Å². The average Bonchev–Trinajstić information content (AvgIpc) is 2.52. The Balaban J connectivity index is 0.000000659. The normalized spacial score (nSPS) is 12.3. The molecule has 1 aromatic rings. The summed E-state index contributed by atoms with van der Waals surface area (Å²) in [6.07, 6.45) is 8.93. The maximum Gasteiger partial charge on any atom is -0.0184 e. The third-order valence-electron chi connectivity index (χ3n) is 2.47. The molecule has 0 heteroatoms. The van der Waals surface area contributed by atoms with E-state index in [2.05, 4.69) is 36.9 Å². The zero-order chi connectivity index (χ0) is 13.8. The molecule has 18 heavy (non-hydrogen) atoms. The van der Waals surface area contributed by atoms with Crippen LogP contribution in [-0.4, -0.2) is 0 Å². The van der Waals surface area contributed by atoms with Crippen LogP contribution in [0.15, 0.2) is 60.7 Å². The number of allylic oxidation sites excluding steroid dienone is 5. The molecule has 1 aliphatic rings. The molecule has 0 aliphatic heterocycles. The Morgan fingerprint density at radius 1 is 0.944 bits per heavy atom. The van der Waals surface area contributed by atoms with Crippen molar-refractivity contribution in [2.75, 3.05) is 0 Å². The van der Waals surface area contributed by atoms with E-state index in [1.807, 2.05) is 45.9 Å². The van der Waals surface area contributed by atoms with Crippen molar-refractivity contribution in [2.45, 2.75) is 40.5 Å². The number of hydrogen-bond acceptors (Lipinski definition) is 0. The number of rotatable bonds is 2. The van der Waals surface area contributed by atoms with Crippen LogP contribution >= 0.6 is 0 Å². The van der Waals surface area contributed by atoms with E-state index in [4.69, 9.17) is 0 Å². The van der Waals surface area contributed by atoms with Gasteiger partial charge < -0.3 is 0 Å². The summed E-state index contributed by atoms with van der Waals surface area (Å²) in [6.45, 7) is 12.1. The second kappa shape index (κ2) is 10.6. The molecule has 0 aromatic heterocycles. The van der Waals surface area contributed by atoms with Gasteiger partial charge in [-0.2, -0.15) is 0 Å². The van der Waals surface area contributed by atoms with E-state index < -0.39 is 0 Å². The van der Waals surface area contributed by atoms with E-state index >= 15 is 0 Å². The van der Waals surface area contributed by atoms with Crippen LogP contribution in [0.3, 0.4) is 0 Å². The van der Waals surface area contributed by atoms with Crippen LogP contribution in [0.4, 0.5) is 0 Å². The largest absolute Gasteiger partial charge is 0.0906 e. The molecule has 0 atom stereocenters. The van der Waals surface area contributed by atoms with E-state index in [1.54, 1.807) is 0 Å².